The second-order valence-electron chi connectivity index (χ2n) is 7.91. The fraction of sp³-hybridized carbons (Fsp3) is 0.850. The first-order chi connectivity index (χ1) is 10.6. The zero-order chi connectivity index (χ0) is 15.8. The third kappa shape index (κ3) is 6.54. The van der Waals surface area contributed by atoms with Crippen LogP contribution in [0.15, 0.2) is 12.2 Å². The molecule has 0 bridgehead atoms. The Hall–Kier alpha value is -0.790. The second-order valence-corrected chi connectivity index (χ2v) is 7.91. The molecule has 0 amide bonds. The van der Waals surface area contributed by atoms with Crippen LogP contribution in [0.2, 0.25) is 0 Å². The summed E-state index contributed by atoms with van der Waals surface area (Å²) in [6.07, 6.45) is 19.6. The molecule has 0 aromatic rings. The van der Waals surface area contributed by atoms with E-state index in [0.717, 1.165) is 30.1 Å². The molecule has 1 N–H and O–H groups in total. The van der Waals surface area contributed by atoms with Gasteiger partial charge in [-0.3, -0.25) is 0 Å². The normalized spacial score (nSPS) is 33.1. The lowest BCUT2D eigenvalue weighted by Gasteiger charge is -2.31. The van der Waals surface area contributed by atoms with Crippen LogP contribution in [0, 0.1) is 23.7 Å². The van der Waals surface area contributed by atoms with Crippen LogP contribution in [0.25, 0.3) is 0 Å². The van der Waals surface area contributed by atoms with Crippen molar-refractivity contribution in [1.29, 1.82) is 0 Å². The molecule has 2 rings (SSSR count). The maximum absolute atomic E-state index is 10.4. The van der Waals surface area contributed by atoms with Gasteiger partial charge in [-0.05, 0) is 36.5 Å². The quantitative estimate of drug-likeness (QED) is 0.602. The van der Waals surface area contributed by atoms with Gasteiger partial charge in [0.2, 0.25) is 0 Å². The summed E-state index contributed by atoms with van der Waals surface area (Å²) < 4.78 is 0. The number of carbonyl (C=O) groups is 1. The molecule has 0 atom stereocenters. The molecule has 126 valence electrons. The summed E-state index contributed by atoms with van der Waals surface area (Å²) in [7, 11) is 0. The Morgan fingerprint density at radius 3 is 1.82 bits per heavy atom. The SMILES string of the molecule is CC1CCC(CCC2CCC(CC/C=C/C(=O)O)CC2)CC1. The van der Waals surface area contributed by atoms with Crippen LogP contribution < -0.4 is 0 Å². The number of carboxylic acid groups (broad SMARTS) is 1. The lowest BCUT2D eigenvalue weighted by Crippen LogP contribution is -2.17. The molecule has 0 saturated heterocycles. The van der Waals surface area contributed by atoms with Gasteiger partial charge in [-0.1, -0.05) is 77.2 Å². The number of hydrogen-bond donors (Lipinski definition) is 1. The van der Waals surface area contributed by atoms with E-state index in [1.807, 2.05) is 6.08 Å². The standard InChI is InChI=1S/C20H34O2/c1-16-6-8-18(9-7-16)14-15-19-12-10-17(11-13-19)4-2-3-5-20(21)22/h3,5,16-19H,2,4,6-15H2,1H3,(H,21,22)/b5-3+. The van der Waals surface area contributed by atoms with Crippen molar-refractivity contribution >= 4 is 5.97 Å². The minimum atomic E-state index is -0.819. The predicted molar refractivity (Wildman–Crippen MR) is 91.8 cm³/mol. The third-order valence-electron chi connectivity index (χ3n) is 6.09. The van der Waals surface area contributed by atoms with E-state index in [9.17, 15) is 4.79 Å². The highest BCUT2D eigenvalue weighted by molar-refractivity contribution is 5.79. The largest absolute Gasteiger partial charge is 0.478 e. The molecule has 22 heavy (non-hydrogen) atoms. The summed E-state index contributed by atoms with van der Waals surface area (Å²) >= 11 is 0. The van der Waals surface area contributed by atoms with Crippen LogP contribution >= 0.6 is 0 Å². The number of rotatable bonds is 7. The summed E-state index contributed by atoms with van der Waals surface area (Å²) in [6.45, 7) is 2.41. The van der Waals surface area contributed by atoms with Gasteiger partial charge in [0.05, 0.1) is 0 Å². The maximum atomic E-state index is 10.4. The predicted octanol–water partition coefficient (Wildman–Crippen LogP) is 5.82. The first kappa shape index (κ1) is 17.6. The molecule has 0 aliphatic heterocycles. The van der Waals surface area contributed by atoms with Crippen molar-refractivity contribution in [2.24, 2.45) is 23.7 Å². The van der Waals surface area contributed by atoms with Crippen molar-refractivity contribution in [3.63, 3.8) is 0 Å². The molecule has 2 aliphatic rings. The number of allylic oxidation sites excluding steroid dienone is 1. The molecular weight excluding hydrogens is 272 g/mol. The zero-order valence-electron chi connectivity index (χ0n) is 14.3. The fourth-order valence-electron chi connectivity index (χ4n) is 4.41. The van der Waals surface area contributed by atoms with E-state index in [1.54, 1.807) is 0 Å². The van der Waals surface area contributed by atoms with Crippen LogP contribution in [-0.4, -0.2) is 11.1 Å². The van der Waals surface area contributed by atoms with Gasteiger partial charge >= 0.3 is 5.97 Å². The van der Waals surface area contributed by atoms with Gasteiger partial charge in [0.1, 0.15) is 0 Å². The minimum Gasteiger partial charge on any atom is -0.478 e. The van der Waals surface area contributed by atoms with Crippen molar-refractivity contribution < 1.29 is 9.90 Å². The molecule has 0 aromatic carbocycles. The summed E-state index contributed by atoms with van der Waals surface area (Å²) in [6, 6.07) is 0. The lowest BCUT2D eigenvalue weighted by molar-refractivity contribution is -0.131. The highest BCUT2D eigenvalue weighted by Crippen LogP contribution is 2.37. The van der Waals surface area contributed by atoms with Crippen LogP contribution in [-0.2, 0) is 4.79 Å². The molecule has 0 aromatic heterocycles. The van der Waals surface area contributed by atoms with Crippen LogP contribution in [0.5, 0.6) is 0 Å². The van der Waals surface area contributed by atoms with Crippen molar-refractivity contribution in [2.45, 2.75) is 84.0 Å². The van der Waals surface area contributed by atoms with Gasteiger partial charge in [0.25, 0.3) is 0 Å². The van der Waals surface area contributed by atoms with E-state index in [-0.39, 0.29) is 0 Å². The first-order valence-corrected chi connectivity index (χ1v) is 9.53. The Morgan fingerprint density at radius 1 is 0.864 bits per heavy atom. The summed E-state index contributed by atoms with van der Waals surface area (Å²) in [5, 5.41) is 8.58. The van der Waals surface area contributed by atoms with E-state index in [1.165, 1.54) is 76.7 Å². The average Bonchev–Trinajstić information content (AvgIpc) is 2.52. The summed E-state index contributed by atoms with van der Waals surface area (Å²) in [4.78, 5) is 10.4. The highest BCUT2D eigenvalue weighted by atomic mass is 16.4. The van der Waals surface area contributed by atoms with E-state index in [2.05, 4.69) is 6.92 Å². The lowest BCUT2D eigenvalue weighted by atomic mass is 9.75. The van der Waals surface area contributed by atoms with E-state index in [0.29, 0.717) is 0 Å². The maximum Gasteiger partial charge on any atom is 0.327 e. The van der Waals surface area contributed by atoms with E-state index >= 15 is 0 Å². The van der Waals surface area contributed by atoms with Gasteiger partial charge < -0.3 is 5.11 Å². The van der Waals surface area contributed by atoms with Gasteiger partial charge in [-0.15, -0.1) is 0 Å². The highest BCUT2D eigenvalue weighted by Gasteiger charge is 2.23. The topological polar surface area (TPSA) is 37.3 Å². The first-order valence-electron chi connectivity index (χ1n) is 9.53. The van der Waals surface area contributed by atoms with Gasteiger partial charge in [-0.2, -0.15) is 0 Å². The molecule has 2 saturated carbocycles. The minimum absolute atomic E-state index is 0.819. The summed E-state index contributed by atoms with van der Waals surface area (Å²) in [5.74, 6) is 2.99. The molecule has 0 unspecified atom stereocenters. The average molecular weight is 306 g/mol. The molecule has 2 nitrogen and oxygen atoms in total. The molecule has 0 radical (unpaired) electrons. The smallest absolute Gasteiger partial charge is 0.327 e. The number of aliphatic carboxylic acids is 1. The van der Waals surface area contributed by atoms with Gasteiger partial charge in [0, 0.05) is 6.08 Å². The fourth-order valence-corrected chi connectivity index (χ4v) is 4.41. The molecule has 2 fully saturated rings. The van der Waals surface area contributed by atoms with Crippen LogP contribution in [0.1, 0.15) is 84.0 Å². The number of hydrogen-bond acceptors (Lipinski definition) is 1. The number of carboxylic acids is 1. The summed E-state index contributed by atoms with van der Waals surface area (Å²) in [5.41, 5.74) is 0. The second kappa shape index (κ2) is 9.37. The van der Waals surface area contributed by atoms with Crippen molar-refractivity contribution in [3.8, 4) is 0 Å². The van der Waals surface area contributed by atoms with Gasteiger partial charge in [-0.25, -0.2) is 4.79 Å². The molecular formula is C20H34O2. The van der Waals surface area contributed by atoms with E-state index in [4.69, 9.17) is 5.11 Å². The Bertz CT molecular complexity index is 345. The Morgan fingerprint density at radius 2 is 1.32 bits per heavy atom. The zero-order valence-corrected chi connectivity index (χ0v) is 14.3. The van der Waals surface area contributed by atoms with Crippen molar-refractivity contribution in [2.75, 3.05) is 0 Å². The van der Waals surface area contributed by atoms with Crippen LogP contribution in [0.3, 0.4) is 0 Å². The Balaban J connectivity index is 1.54. The van der Waals surface area contributed by atoms with Crippen LogP contribution in [0.4, 0.5) is 0 Å². The van der Waals surface area contributed by atoms with Crippen molar-refractivity contribution in [3.05, 3.63) is 12.2 Å². The third-order valence-corrected chi connectivity index (χ3v) is 6.09. The van der Waals surface area contributed by atoms with Crippen molar-refractivity contribution in [1.82, 2.24) is 0 Å². The molecule has 2 aliphatic carbocycles. The molecule has 0 spiro atoms. The van der Waals surface area contributed by atoms with E-state index < -0.39 is 5.97 Å². The Labute approximate surface area is 136 Å². The molecule has 0 heterocycles. The Kier molecular flexibility index (Phi) is 7.48. The molecule has 2 heteroatoms. The van der Waals surface area contributed by atoms with Gasteiger partial charge in [0.15, 0.2) is 0 Å². The monoisotopic (exact) mass is 306 g/mol.